The number of halogens is 2. The van der Waals surface area contributed by atoms with Crippen molar-refractivity contribution in [2.24, 2.45) is 5.84 Å². The first-order chi connectivity index (χ1) is 8.13. The van der Waals surface area contributed by atoms with E-state index in [9.17, 15) is 4.39 Å². The third-order valence-electron chi connectivity index (χ3n) is 2.72. The van der Waals surface area contributed by atoms with E-state index < -0.39 is 0 Å². The first kappa shape index (κ1) is 14.6. The molecule has 2 atom stereocenters. The Morgan fingerprint density at radius 1 is 1.53 bits per heavy atom. The minimum atomic E-state index is -0.350. The van der Waals surface area contributed by atoms with Gasteiger partial charge in [-0.3, -0.25) is 11.3 Å². The topological polar surface area (TPSA) is 47.3 Å². The van der Waals surface area contributed by atoms with Crippen molar-refractivity contribution < 1.29 is 9.13 Å². The van der Waals surface area contributed by atoms with Gasteiger partial charge in [0.25, 0.3) is 0 Å². The lowest BCUT2D eigenvalue weighted by Crippen LogP contribution is -2.38. The number of methoxy groups -OCH3 is 1. The molecule has 2 unspecified atom stereocenters. The molecule has 0 amide bonds. The lowest BCUT2D eigenvalue weighted by Gasteiger charge is -2.26. The molecule has 5 heteroatoms. The second kappa shape index (κ2) is 7.06. The van der Waals surface area contributed by atoms with Crippen LogP contribution in [0, 0.1) is 5.82 Å². The van der Waals surface area contributed by atoms with Crippen LogP contribution in [-0.2, 0) is 4.74 Å². The van der Waals surface area contributed by atoms with Crippen LogP contribution in [0.5, 0.6) is 0 Å². The minimum absolute atomic E-state index is 0.145. The van der Waals surface area contributed by atoms with Crippen LogP contribution in [0.25, 0.3) is 0 Å². The number of rotatable bonds is 6. The van der Waals surface area contributed by atoms with Crippen LogP contribution in [0.4, 0.5) is 4.39 Å². The third kappa shape index (κ3) is 3.74. The lowest BCUT2D eigenvalue weighted by atomic mass is 9.98. The molecule has 0 saturated heterocycles. The number of nitrogens with one attached hydrogen (secondary N) is 1. The van der Waals surface area contributed by atoms with Crippen LogP contribution in [0.2, 0.25) is 0 Å². The second-order valence-corrected chi connectivity index (χ2v) is 4.79. The molecule has 0 radical (unpaired) electrons. The molecule has 0 aliphatic rings. The van der Waals surface area contributed by atoms with Crippen molar-refractivity contribution in [1.29, 1.82) is 0 Å². The van der Waals surface area contributed by atoms with E-state index >= 15 is 0 Å². The summed E-state index contributed by atoms with van der Waals surface area (Å²) >= 11 is 3.33. The molecule has 0 fully saturated rings. The molecule has 1 aromatic carbocycles. The van der Waals surface area contributed by atoms with Crippen LogP contribution in [-0.4, -0.2) is 13.2 Å². The summed E-state index contributed by atoms with van der Waals surface area (Å²) in [6.45, 7) is 2.05. The maximum absolute atomic E-state index is 13.8. The van der Waals surface area contributed by atoms with Crippen LogP contribution >= 0.6 is 15.9 Å². The van der Waals surface area contributed by atoms with Gasteiger partial charge in [0, 0.05) is 17.1 Å². The van der Waals surface area contributed by atoms with Gasteiger partial charge in [0.1, 0.15) is 5.82 Å². The van der Waals surface area contributed by atoms with E-state index in [2.05, 4.69) is 28.3 Å². The zero-order valence-corrected chi connectivity index (χ0v) is 11.6. The molecule has 17 heavy (non-hydrogen) atoms. The molecule has 0 aromatic heterocycles. The van der Waals surface area contributed by atoms with Gasteiger partial charge in [-0.1, -0.05) is 29.3 Å². The van der Waals surface area contributed by atoms with E-state index in [-0.39, 0.29) is 18.0 Å². The quantitative estimate of drug-likeness (QED) is 0.627. The molecule has 96 valence electrons. The predicted molar refractivity (Wildman–Crippen MR) is 69.9 cm³/mol. The highest BCUT2D eigenvalue weighted by Gasteiger charge is 2.24. The van der Waals surface area contributed by atoms with E-state index in [1.54, 1.807) is 19.2 Å². The van der Waals surface area contributed by atoms with E-state index in [0.29, 0.717) is 5.56 Å². The average Bonchev–Trinajstić information content (AvgIpc) is 2.33. The van der Waals surface area contributed by atoms with Crippen molar-refractivity contribution in [3.8, 4) is 0 Å². The highest BCUT2D eigenvalue weighted by molar-refractivity contribution is 9.10. The minimum Gasteiger partial charge on any atom is -0.379 e. The van der Waals surface area contributed by atoms with Crippen LogP contribution in [0.15, 0.2) is 22.7 Å². The summed E-state index contributed by atoms with van der Waals surface area (Å²) in [5.74, 6) is 5.24. The van der Waals surface area contributed by atoms with Crippen LogP contribution < -0.4 is 11.3 Å². The summed E-state index contributed by atoms with van der Waals surface area (Å²) < 4.78 is 20.0. The van der Waals surface area contributed by atoms with Gasteiger partial charge < -0.3 is 4.74 Å². The zero-order chi connectivity index (χ0) is 12.8. The van der Waals surface area contributed by atoms with Crippen LogP contribution in [0.3, 0.4) is 0 Å². The SMILES string of the molecule is CCCC(OC)C(NN)c1cc(Br)ccc1F. The van der Waals surface area contributed by atoms with E-state index in [0.717, 1.165) is 17.3 Å². The van der Waals surface area contributed by atoms with Gasteiger partial charge in [0.2, 0.25) is 0 Å². The van der Waals surface area contributed by atoms with Gasteiger partial charge in [-0.25, -0.2) is 4.39 Å². The molecular formula is C12H18BrFN2O. The second-order valence-electron chi connectivity index (χ2n) is 3.87. The van der Waals surface area contributed by atoms with E-state index in [1.807, 2.05) is 0 Å². The molecule has 3 N–H and O–H groups in total. The number of nitrogens with two attached hydrogens (primary N) is 1. The fourth-order valence-electron chi connectivity index (χ4n) is 1.86. The maximum atomic E-state index is 13.8. The molecule has 1 aromatic rings. The normalized spacial score (nSPS) is 14.6. The van der Waals surface area contributed by atoms with Gasteiger partial charge >= 0.3 is 0 Å². The monoisotopic (exact) mass is 304 g/mol. The molecule has 0 aliphatic carbocycles. The fraction of sp³-hybridized carbons (Fsp3) is 0.500. The van der Waals surface area contributed by atoms with Gasteiger partial charge in [0.05, 0.1) is 12.1 Å². The van der Waals surface area contributed by atoms with Crippen molar-refractivity contribution in [2.75, 3.05) is 7.11 Å². The molecular weight excluding hydrogens is 287 g/mol. The Morgan fingerprint density at radius 3 is 2.76 bits per heavy atom. The molecule has 0 bridgehead atoms. The van der Waals surface area contributed by atoms with Crippen molar-refractivity contribution in [1.82, 2.24) is 5.43 Å². The standard InChI is InChI=1S/C12H18BrFN2O/c1-3-4-11(17-2)12(16-15)9-7-8(13)5-6-10(9)14/h5-7,11-12,16H,3-4,15H2,1-2H3. The molecule has 0 aliphatic heterocycles. The van der Waals surface area contributed by atoms with E-state index in [1.165, 1.54) is 6.07 Å². The summed E-state index contributed by atoms with van der Waals surface area (Å²) in [5.41, 5.74) is 3.15. The Hall–Kier alpha value is -0.490. The smallest absolute Gasteiger partial charge is 0.128 e. The summed E-state index contributed by atoms with van der Waals surface area (Å²) in [7, 11) is 1.61. The zero-order valence-electron chi connectivity index (χ0n) is 10.0. The van der Waals surface area contributed by atoms with Gasteiger partial charge in [-0.15, -0.1) is 0 Å². The molecule has 0 saturated carbocycles. The summed E-state index contributed by atoms with van der Waals surface area (Å²) in [4.78, 5) is 0. The molecule has 1 rings (SSSR count). The van der Waals surface area contributed by atoms with Gasteiger partial charge in [0.15, 0.2) is 0 Å². The Balaban J connectivity index is 3.02. The van der Waals surface area contributed by atoms with E-state index in [4.69, 9.17) is 10.6 Å². The lowest BCUT2D eigenvalue weighted by molar-refractivity contribution is 0.0595. The highest BCUT2D eigenvalue weighted by atomic mass is 79.9. The average molecular weight is 305 g/mol. The molecule has 3 nitrogen and oxygen atoms in total. The van der Waals surface area contributed by atoms with Gasteiger partial charge in [-0.2, -0.15) is 0 Å². The van der Waals surface area contributed by atoms with Crippen molar-refractivity contribution >= 4 is 15.9 Å². The summed E-state index contributed by atoms with van der Waals surface area (Å²) in [6, 6.07) is 4.45. The van der Waals surface area contributed by atoms with Crippen LogP contribution in [0.1, 0.15) is 31.4 Å². The summed E-state index contributed by atoms with van der Waals surface area (Å²) in [6.07, 6.45) is 1.62. The molecule has 0 spiro atoms. The first-order valence-electron chi connectivity index (χ1n) is 5.57. The maximum Gasteiger partial charge on any atom is 0.128 e. The number of hydrazine groups is 1. The van der Waals surface area contributed by atoms with Crippen molar-refractivity contribution in [3.05, 3.63) is 34.1 Å². The first-order valence-corrected chi connectivity index (χ1v) is 6.37. The third-order valence-corrected chi connectivity index (χ3v) is 3.21. The highest BCUT2D eigenvalue weighted by Crippen LogP contribution is 2.26. The number of ether oxygens (including phenoxy) is 1. The van der Waals surface area contributed by atoms with Gasteiger partial charge in [-0.05, 0) is 24.6 Å². The largest absolute Gasteiger partial charge is 0.379 e. The number of benzene rings is 1. The van der Waals surface area contributed by atoms with Crippen molar-refractivity contribution in [2.45, 2.75) is 31.9 Å². The van der Waals surface area contributed by atoms with Crippen molar-refractivity contribution in [3.63, 3.8) is 0 Å². The summed E-state index contributed by atoms with van der Waals surface area (Å²) in [5, 5.41) is 0. The predicted octanol–water partition coefficient (Wildman–Crippen LogP) is 2.91. The number of hydrogen-bond donors (Lipinski definition) is 2. The fourth-order valence-corrected chi connectivity index (χ4v) is 2.23. The Morgan fingerprint density at radius 2 is 2.24 bits per heavy atom. The number of hydrogen-bond acceptors (Lipinski definition) is 3. The molecule has 0 heterocycles. The Kier molecular flexibility index (Phi) is 6.05. The Labute approximate surface area is 110 Å². The Bertz CT molecular complexity index is 362.